The summed E-state index contributed by atoms with van der Waals surface area (Å²) in [5, 5.41) is 11.1. The number of guanidine groups is 1. The van der Waals surface area contributed by atoms with Crippen LogP contribution in [0.4, 0.5) is 0 Å². The third-order valence-corrected chi connectivity index (χ3v) is 5.12. The van der Waals surface area contributed by atoms with E-state index in [-0.39, 0.29) is 0 Å². The number of ether oxygens (including phenoxy) is 2. The number of aromatic nitrogens is 2. The molecule has 0 amide bonds. The standard InChI is InChI=1S/C21H32N6O2/c1-22-21(23-7-5-16-12-24-26(2)13-16)25-18-6-8-27(15-18)14-17-9-19(28-3)11-20(10-17)29-4/h9-13,18H,5-8,14-15H2,1-4H3,(H2,22,23,25). The van der Waals surface area contributed by atoms with Crippen molar-refractivity contribution in [1.82, 2.24) is 25.3 Å². The number of benzene rings is 1. The van der Waals surface area contributed by atoms with Gasteiger partial charge in [-0.2, -0.15) is 5.10 Å². The van der Waals surface area contributed by atoms with Crippen LogP contribution in [0.3, 0.4) is 0 Å². The molecule has 2 heterocycles. The number of likely N-dealkylation sites (tertiary alicyclic amines) is 1. The fourth-order valence-corrected chi connectivity index (χ4v) is 3.62. The zero-order chi connectivity index (χ0) is 20.6. The maximum absolute atomic E-state index is 5.38. The minimum Gasteiger partial charge on any atom is -0.497 e. The van der Waals surface area contributed by atoms with Crippen LogP contribution in [-0.2, 0) is 20.0 Å². The van der Waals surface area contributed by atoms with Gasteiger partial charge in [-0.15, -0.1) is 0 Å². The summed E-state index contributed by atoms with van der Waals surface area (Å²) < 4.78 is 12.6. The van der Waals surface area contributed by atoms with Crippen molar-refractivity contribution in [2.45, 2.75) is 25.4 Å². The van der Waals surface area contributed by atoms with Crippen LogP contribution in [0.2, 0.25) is 0 Å². The maximum atomic E-state index is 5.38. The Balaban J connectivity index is 1.46. The van der Waals surface area contributed by atoms with Gasteiger partial charge >= 0.3 is 0 Å². The number of aryl methyl sites for hydroxylation is 1. The van der Waals surface area contributed by atoms with Gasteiger partial charge < -0.3 is 20.1 Å². The Morgan fingerprint density at radius 2 is 1.97 bits per heavy atom. The zero-order valence-electron chi connectivity index (χ0n) is 17.8. The number of hydrogen-bond donors (Lipinski definition) is 2. The molecule has 2 N–H and O–H groups in total. The second-order valence-electron chi connectivity index (χ2n) is 7.36. The summed E-state index contributed by atoms with van der Waals surface area (Å²) in [5.41, 5.74) is 2.41. The highest BCUT2D eigenvalue weighted by molar-refractivity contribution is 5.80. The average Bonchev–Trinajstić information content (AvgIpc) is 3.35. The van der Waals surface area contributed by atoms with Crippen molar-refractivity contribution in [2.24, 2.45) is 12.0 Å². The molecule has 1 aliphatic heterocycles. The van der Waals surface area contributed by atoms with Crippen LogP contribution in [-0.4, -0.2) is 67.6 Å². The zero-order valence-corrected chi connectivity index (χ0v) is 17.8. The highest BCUT2D eigenvalue weighted by Crippen LogP contribution is 2.24. The lowest BCUT2D eigenvalue weighted by Gasteiger charge is -2.19. The van der Waals surface area contributed by atoms with E-state index in [1.165, 1.54) is 11.1 Å². The molecule has 0 spiro atoms. The highest BCUT2D eigenvalue weighted by atomic mass is 16.5. The highest BCUT2D eigenvalue weighted by Gasteiger charge is 2.23. The average molecular weight is 401 g/mol. The molecule has 1 saturated heterocycles. The molecule has 1 aliphatic rings. The van der Waals surface area contributed by atoms with Crippen molar-refractivity contribution < 1.29 is 9.47 Å². The van der Waals surface area contributed by atoms with Crippen LogP contribution >= 0.6 is 0 Å². The van der Waals surface area contributed by atoms with E-state index in [4.69, 9.17) is 9.47 Å². The van der Waals surface area contributed by atoms with Gasteiger partial charge in [-0.3, -0.25) is 14.6 Å². The lowest BCUT2D eigenvalue weighted by molar-refractivity contribution is 0.321. The van der Waals surface area contributed by atoms with Crippen molar-refractivity contribution >= 4 is 5.96 Å². The van der Waals surface area contributed by atoms with Gasteiger partial charge in [-0.05, 0) is 36.1 Å². The fourth-order valence-electron chi connectivity index (χ4n) is 3.62. The molecule has 3 rings (SSSR count). The molecule has 158 valence electrons. The third-order valence-electron chi connectivity index (χ3n) is 5.12. The SMILES string of the molecule is CN=C(NCCc1cnn(C)c1)NC1CCN(Cc2cc(OC)cc(OC)c2)C1. The van der Waals surface area contributed by atoms with E-state index in [1.54, 1.807) is 14.2 Å². The molecule has 1 aromatic heterocycles. The van der Waals surface area contributed by atoms with Crippen LogP contribution in [0.1, 0.15) is 17.5 Å². The number of rotatable bonds is 8. The first-order chi connectivity index (χ1) is 14.1. The van der Waals surface area contributed by atoms with Crippen molar-refractivity contribution in [3.8, 4) is 11.5 Å². The van der Waals surface area contributed by atoms with Crippen LogP contribution in [0.5, 0.6) is 11.5 Å². The summed E-state index contributed by atoms with van der Waals surface area (Å²) in [6.07, 6.45) is 5.95. The third kappa shape index (κ3) is 6.12. The molecule has 8 nitrogen and oxygen atoms in total. The first-order valence-corrected chi connectivity index (χ1v) is 9.98. The Morgan fingerprint density at radius 3 is 2.59 bits per heavy atom. The van der Waals surface area contributed by atoms with E-state index in [2.05, 4.69) is 37.8 Å². The molecule has 1 fully saturated rings. The van der Waals surface area contributed by atoms with Gasteiger partial charge in [0.15, 0.2) is 5.96 Å². The van der Waals surface area contributed by atoms with Crippen molar-refractivity contribution in [1.29, 1.82) is 0 Å². The first kappa shape index (κ1) is 21.0. The Hall–Kier alpha value is -2.74. The summed E-state index contributed by atoms with van der Waals surface area (Å²) in [6, 6.07) is 6.43. The summed E-state index contributed by atoms with van der Waals surface area (Å²) >= 11 is 0. The molecular weight excluding hydrogens is 368 g/mol. The largest absolute Gasteiger partial charge is 0.497 e. The van der Waals surface area contributed by atoms with Crippen molar-refractivity contribution in [3.05, 3.63) is 41.7 Å². The Bertz CT molecular complexity index is 797. The molecule has 29 heavy (non-hydrogen) atoms. The molecule has 0 bridgehead atoms. The lowest BCUT2D eigenvalue weighted by atomic mass is 10.2. The van der Waals surface area contributed by atoms with Crippen LogP contribution in [0, 0.1) is 0 Å². The van der Waals surface area contributed by atoms with Gasteiger partial charge in [0, 0.05) is 58.6 Å². The van der Waals surface area contributed by atoms with E-state index >= 15 is 0 Å². The van der Waals surface area contributed by atoms with E-state index < -0.39 is 0 Å². The van der Waals surface area contributed by atoms with Crippen molar-refractivity contribution in [3.63, 3.8) is 0 Å². The van der Waals surface area contributed by atoms with Gasteiger partial charge in [0.1, 0.15) is 11.5 Å². The number of nitrogens with one attached hydrogen (secondary N) is 2. The fraction of sp³-hybridized carbons (Fsp3) is 0.524. The lowest BCUT2D eigenvalue weighted by Crippen LogP contribution is -2.45. The number of hydrogen-bond acceptors (Lipinski definition) is 5. The molecule has 2 aromatic rings. The Morgan fingerprint density at radius 1 is 1.21 bits per heavy atom. The van der Waals surface area contributed by atoms with E-state index in [9.17, 15) is 0 Å². The van der Waals surface area contributed by atoms with E-state index in [1.807, 2.05) is 37.2 Å². The van der Waals surface area contributed by atoms with E-state index in [0.717, 1.165) is 56.5 Å². The first-order valence-electron chi connectivity index (χ1n) is 9.98. The Labute approximate surface area is 172 Å². The second-order valence-corrected chi connectivity index (χ2v) is 7.36. The van der Waals surface area contributed by atoms with Crippen LogP contribution < -0.4 is 20.1 Å². The number of aliphatic imine (C=N–C) groups is 1. The molecule has 1 aromatic carbocycles. The quantitative estimate of drug-likeness (QED) is 0.516. The topological polar surface area (TPSA) is 75.9 Å². The predicted octanol–water partition coefficient (Wildman–Crippen LogP) is 1.42. The van der Waals surface area contributed by atoms with Gasteiger partial charge in [0.25, 0.3) is 0 Å². The molecule has 1 atom stereocenters. The maximum Gasteiger partial charge on any atom is 0.191 e. The summed E-state index contributed by atoms with van der Waals surface area (Å²) in [7, 11) is 7.11. The molecule has 0 radical (unpaired) electrons. The monoisotopic (exact) mass is 400 g/mol. The summed E-state index contributed by atoms with van der Waals surface area (Å²) in [6.45, 7) is 3.72. The normalized spacial score (nSPS) is 17.4. The van der Waals surface area contributed by atoms with Gasteiger partial charge in [0.2, 0.25) is 0 Å². The second kappa shape index (κ2) is 10.2. The minimum absolute atomic E-state index is 0.382. The molecule has 0 aliphatic carbocycles. The van der Waals surface area contributed by atoms with Crippen LogP contribution in [0.25, 0.3) is 0 Å². The van der Waals surface area contributed by atoms with Gasteiger partial charge in [-0.25, -0.2) is 0 Å². The predicted molar refractivity (Wildman–Crippen MR) is 115 cm³/mol. The molecular formula is C21H32N6O2. The van der Waals surface area contributed by atoms with Crippen molar-refractivity contribution in [2.75, 3.05) is 40.9 Å². The minimum atomic E-state index is 0.382. The summed E-state index contributed by atoms with van der Waals surface area (Å²) in [4.78, 5) is 6.80. The number of methoxy groups -OCH3 is 2. The molecule has 8 heteroatoms. The molecule has 0 saturated carbocycles. The summed E-state index contributed by atoms with van der Waals surface area (Å²) in [5.74, 6) is 2.50. The number of nitrogens with zero attached hydrogens (tertiary/aromatic N) is 4. The smallest absolute Gasteiger partial charge is 0.191 e. The van der Waals surface area contributed by atoms with Crippen LogP contribution in [0.15, 0.2) is 35.6 Å². The van der Waals surface area contributed by atoms with Gasteiger partial charge in [-0.1, -0.05) is 0 Å². The molecule has 1 unspecified atom stereocenters. The Kier molecular flexibility index (Phi) is 7.35. The van der Waals surface area contributed by atoms with E-state index in [0.29, 0.717) is 6.04 Å². The van der Waals surface area contributed by atoms with Gasteiger partial charge in [0.05, 0.1) is 20.4 Å².